The zero-order chi connectivity index (χ0) is 11.6. The van der Waals surface area contributed by atoms with Crippen LogP contribution in [0.15, 0.2) is 24.3 Å². The van der Waals surface area contributed by atoms with Gasteiger partial charge in [-0.1, -0.05) is 0 Å². The van der Waals surface area contributed by atoms with E-state index in [2.05, 4.69) is 0 Å². The van der Waals surface area contributed by atoms with Gasteiger partial charge in [-0.15, -0.1) is 0 Å². The second-order valence-corrected chi connectivity index (χ2v) is 4.99. The van der Waals surface area contributed by atoms with Crippen molar-refractivity contribution in [3.05, 3.63) is 39.9 Å². The summed E-state index contributed by atoms with van der Waals surface area (Å²) >= 11 is 0. The Bertz CT molecular complexity index is 507. The normalized spacial score (nSPS) is 11.0. The molecule has 6 nitrogen and oxygen atoms in total. The Morgan fingerprint density at radius 2 is 1.73 bits per heavy atom. The molecule has 0 heterocycles. The van der Waals surface area contributed by atoms with E-state index in [1.807, 2.05) is 0 Å². The Hall–Kier alpha value is -1.47. The Labute approximate surface area is 89.0 Å². The molecule has 0 saturated carbocycles. The minimum absolute atomic E-state index is 0.212. The van der Waals surface area contributed by atoms with E-state index in [-0.39, 0.29) is 11.3 Å². The summed E-state index contributed by atoms with van der Waals surface area (Å²) in [5.74, 6) is 0. The van der Waals surface area contributed by atoms with Gasteiger partial charge in [-0.3, -0.25) is 14.9 Å². The maximum Gasteiger partial charge on any atom is 0.299 e. The fourth-order valence-corrected chi connectivity index (χ4v) is 1.54. The molecular formula is C7H4ClNO5S. The number of carbonyl (C=O) groups excluding carboxylic acids is 1. The lowest BCUT2D eigenvalue weighted by molar-refractivity contribution is -0.384. The lowest BCUT2D eigenvalue weighted by Crippen LogP contribution is -2.07. The average molecular weight is 250 g/mol. The van der Waals surface area contributed by atoms with Crippen LogP contribution >= 0.6 is 10.7 Å². The van der Waals surface area contributed by atoms with Crippen LogP contribution in [0.3, 0.4) is 0 Å². The van der Waals surface area contributed by atoms with Gasteiger partial charge in [-0.25, -0.2) is 8.42 Å². The Balaban J connectivity index is 3.11. The number of carbonyl (C=O) groups is 1. The molecule has 80 valence electrons. The number of nitro groups is 1. The summed E-state index contributed by atoms with van der Waals surface area (Å²) in [5, 5.41) is 8.98. The molecule has 0 aliphatic rings. The lowest BCUT2D eigenvalue weighted by Gasteiger charge is -1.95. The molecule has 0 amide bonds. The van der Waals surface area contributed by atoms with Crippen LogP contribution in [-0.4, -0.2) is 18.5 Å². The molecule has 1 rings (SSSR count). The zero-order valence-electron chi connectivity index (χ0n) is 7.08. The Morgan fingerprint density at radius 3 is 2.07 bits per heavy atom. The van der Waals surface area contributed by atoms with Crippen molar-refractivity contribution in [2.24, 2.45) is 0 Å². The highest BCUT2D eigenvalue weighted by atomic mass is 35.7. The highest BCUT2D eigenvalue weighted by molar-refractivity contribution is 8.25. The molecule has 8 heteroatoms. The SMILES string of the molecule is O=C(c1ccc([N+](=O)[O-])cc1)S(=O)(=O)Cl. The quantitative estimate of drug-likeness (QED) is 0.447. The van der Waals surface area contributed by atoms with E-state index in [0.717, 1.165) is 24.3 Å². The van der Waals surface area contributed by atoms with E-state index in [4.69, 9.17) is 10.7 Å². The van der Waals surface area contributed by atoms with Crippen LogP contribution in [0.2, 0.25) is 0 Å². The predicted molar refractivity (Wildman–Crippen MR) is 52.2 cm³/mol. The van der Waals surface area contributed by atoms with Crippen LogP contribution in [0.4, 0.5) is 5.69 Å². The van der Waals surface area contributed by atoms with Crippen molar-refractivity contribution in [2.75, 3.05) is 0 Å². The van der Waals surface area contributed by atoms with Crippen LogP contribution in [0, 0.1) is 10.1 Å². The monoisotopic (exact) mass is 249 g/mol. The van der Waals surface area contributed by atoms with Gasteiger partial charge in [-0.2, -0.15) is 0 Å². The summed E-state index contributed by atoms with van der Waals surface area (Å²) < 4.78 is 21.3. The molecular weight excluding hydrogens is 246 g/mol. The minimum atomic E-state index is -4.33. The highest BCUT2D eigenvalue weighted by Crippen LogP contribution is 2.15. The molecule has 0 aliphatic carbocycles. The van der Waals surface area contributed by atoms with Crippen molar-refractivity contribution in [1.29, 1.82) is 0 Å². The fraction of sp³-hybridized carbons (Fsp3) is 0. The van der Waals surface area contributed by atoms with E-state index < -0.39 is 19.1 Å². The zero-order valence-corrected chi connectivity index (χ0v) is 8.66. The van der Waals surface area contributed by atoms with Crippen molar-refractivity contribution in [3.63, 3.8) is 0 Å². The first-order valence-electron chi connectivity index (χ1n) is 3.56. The summed E-state index contributed by atoms with van der Waals surface area (Å²) in [4.78, 5) is 20.6. The molecule has 1 aromatic rings. The molecule has 0 saturated heterocycles. The number of hydrogen-bond acceptors (Lipinski definition) is 5. The fourth-order valence-electron chi connectivity index (χ4n) is 0.860. The molecule has 15 heavy (non-hydrogen) atoms. The van der Waals surface area contributed by atoms with Crippen LogP contribution < -0.4 is 0 Å². The molecule has 0 spiro atoms. The molecule has 0 radical (unpaired) electrons. The van der Waals surface area contributed by atoms with Gasteiger partial charge in [0, 0.05) is 28.4 Å². The Kier molecular flexibility index (Phi) is 3.06. The van der Waals surface area contributed by atoms with E-state index in [0.29, 0.717) is 0 Å². The predicted octanol–water partition coefficient (Wildman–Crippen LogP) is 1.30. The number of rotatable bonds is 2. The first kappa shape index (κ1) is 11.6. The standard InChI is InChI=1S/C7H4ClNO5S/c8-15(13,14)7(10)5-1-3-6(4-2-5)9(11)12/h1-4H. The van der Waals surface area contributed by atoms with E-state index >= 15 is 0 Å². The van der Waals surface area contributed by atoms with Crippen molar-refractivity contribution in [1.82, 2.24) is 0 Å². The van der Waals surface area contributed by atoms with Gasteiger partial charge in [0.1, 0.15) is 0 Å². The van der Waals surface area contributed by atoms with E-state index in [9.17, 15) is 23.3 Å². The minimum Gasteiger partial charge on any atom is -0.275 e. The van der Waals surface area contributed by atoms with Gasteiger partial charge in [0.2, 0.25) is 0 Å². The van der Waals surface area contributed by atoms with Crippen molar-refractivity contribution in [2.45, 2.75) is 0 Å². The second-order valence-electron chi connectivity index (χ2n) is 2.53. The third-order valence-electron chi connectivity index (χ3n) is 1.54. The summed E-state index contributed by atoms with van der Waals surface area (Å²) in [7, 11) is 0.484. The van der Waals surface area contributed by atoms with Gasteiger partial charge in [0.05, 0.1) is 4.92 Å². The van der Waals surface area contributed by atoms with Crippen molar-refractivity contribution >= 4 is 30.5 Å². The molecule has 0 atom stereocenters. The molecule has 0 aliphatic heterocycles. The number of nitrogens with zero attached hydrogens (tertiary/aromatic N) is 1. The topological polar surface area (TPSA) is 94.3 Å². The van der Waals surface area contributed by atoms with Crippen LogP contribution in [-0.2, 0) is 9.05 Å². The van der Waals surface area contributed by atoms with Crippen molar-refractivity contribution in [3.8, 4) is 0 Å². The molecule has 0 N–H and O–H groups in total. The molecule has 0 fully saturated rings. The molecule has 0 aromatic heterocycles. The molecule has 0 unspecified atom stereocenters. The largest absolute Gasteiger partial charge is 0.299 e. The van der Waals surface area contributed by atoms with E-state index in [1.54, 1.807) is 0 Å². The van der Waals surface area contributed by atoms with Crippen molar-refractivity contribution < 1.29 is 18.1 Å². The number of benzene rings is 1. The third kappa shape index (κ3) is 2.74. The number of non-ortho nitro benzene ring substituents is 1. The number of nitro benzene ring substituents is 1. The van der Waals surface area contributed by atoms with Crippen LogP contribution in [0.25, 0.3) is 0 Å². The van der Waals surface area contributed by atoms with Gasteiger partial charge >= 0.3 is 0 Å². The van der Waals surface area contributed by atoms with Gasteiger partial charge in [-0.05, 0) is 12.1 Å². The Morgan fingerprint density at radius 1 is 1.27 bits per heavy atom. The van der Waals surface area contributed by atoms with Gasteiger partial charge in [0.15, 0.2) is 0 Å². The van der Waals surface area contributed by atoms with Gasteiger partial charge < -0.3 is 0 Å². The van der Waals surface area contributed by atoms with Crippen LogP contribution in [0.5, 0.6) is 0 Å². The first-order chi connectivity index (χ1) is 6.82. The average Bonchev–Trinajstić information content (AvgIpc) is 2.15. The summed E-state index contributed by atoms with van der Waals surface area (Å²) in [5.41, 5.74) is -0.450. The number of halogens is 1. The maximum atomic E-state index is 11.1. The highest BCUT2D eigenvalue weighted by Gasteiger charge is 2.21. The smallest absolute Gasteiger partial charge is 0.275 e. The third-order valence-corrected chi connectivity index (χ3v) is 2.63. The van der Waals surface area contributed by atoms with Gasteiger partial charge in [0.25, 0.3) is 19.9 Å². The number of hydrogen-bond donors (Lipinski definition) is 0. The first-order valence-corrected chi connectivity index (χ1v) is 5.87. The summed E-state index contributed by atoms with van der Waals surface area (Å²) in [6.07, 6.45) is 0. The lowest BCUT2D eigenvalue weighted by atomic mass is 10.2. The maximum absolute atomic E-state index is 11.1. The second kappa shape index (κ2) is 3.95. The van der Waals surface area contributed by atoms with Crippen LogP contribution in [0.1, 0.15) is 10.4 Å². The van der Waals surface area contributed by atoms with E-state index in [1.165, 1.54) is 0 Å². The molecule has 0 bridgehead atoms. The molecule has 1 aromatic carbocycles. The summed E-state index contributed by atoms with van der Waals surface area (Å²) in [6, 6.07) is 4.10. The summed E-state index contributed by atoms with van der Waals surface area (Å²) in [6.45, 7) is 0.